The fourth-order valence-electron chi connectivity index (χ4n) is 2.88. The van der Waals surface area contributed by atoms with Crippen molar-refractivity contribution in [2.24, 2.45) is 0 Å². The maximum atomic E-state index is 12.8. The van der Waals surface area contributed by atoms with Gasteiger partial charge in [-0.1, -0.05) is 37.3 Å². The van der Waals surface area contributed by atoms with Gasteiger partial charge in [-0.15, -0.1) is 0 Å². The lowest BCUT2D eigenvalue weighted by atomic mass is 10.0. The molecule has 0 aliphatic heterocycles. The summed E-state index contributed by atoms with van der Waals surface area (Å²) in [5.41, 5.74) is 2.97. The lowest BCUT2D eigenvalue weighted by molar-refractivity contribution is 0.608. The van der Waals surface area contributed by atoms with Gasteiger partial charge in [-0.25, -0.2) is 0 Å². The third-order valence-corrected chi connectivity index (χ3v) is 3.97. The third kappa shape index (κ3) is 1.79. The average Bonchev–Trinajstić information content (AvgIpc) is 3.04. The molecule has 0 spiro atoms. The lowest BCUT2D eigenvalue weighted by Gasteiger charge is -2.09. The first-order valence-corrected chi connectivity index (χ1v) is 7.31. The minimum Gasteiger partial charge on any atom is -0.464 e. The van der Waals surface area contributed by atoms with Crippen LogP contribution < -0.4 is 5.43 Å². The van der Waals surface area contributed by atoms with Crippen LogP contribution in [-0.2, 0) is 6.42 Å². The van der Waals surface area contributed by atoms with E-state index in [9.17, 15) is 4.79 Å². The summed E-state index contributed by atoms with van der Waals surface area (Å²) >= 11 is 0. The van der Waals surface area contributed by atoms with Crippen LogP contribution in [0, 0.1) is 0 Å². The molecule has 3 heteroatoms. The van der Waals surface area contributed by atoms with Crippen LogP contribution in [0.5, 0.6) is 0 Å². The van der Waals surface area contributed by atoms with Crippen molar-refractivity contribution in [3.8, 4) is 11.3 Å². The second kappa shape index (κ2) is 4.88. The van der Waals surface area contributed by atoms with E-state index in [4.69, 9.17) is 8.83 Å². The average molecular weight is 290 g/mol. The van der Waals surface area contributed by atoms with E-state index < -0.39 is 0 Å². The van der Waals surface area contributed by atoms with Crippen LogP contribution in [0.15, 0.2) is 68.4 Å². The molecule has 0 atom stereocenters. The summed E-state index contributed by atoms with van der Waals surface area (Å²) in [6.45, 7) is 1.97. The van der Waals surface area contributed by atoms with E-state index in [0.717, 1.165) is 16.5 Å². The topological polar surface area (TPSA) is 43.4 Å². The fraction of sp³-hybridized carbons (Fsp3) is 0.105. The SMILES string of the molecule is CCc1c(-c2ccccc2)oc2c(ccc3occc32)c1=O. The van der Waals surface area contributed by atoms with Gasteiger partial charge in [0.15, 0.2) is 5.43 Å². The van der Waals surface area contributed by atoms with Gasteiger partial charge in [-0.3, -0.25) is 4.79 Å². The first-order valence-electron chi connectivity index (χ1n) is 7.31. The van der Waals surface area contributed by atoms with Crippen molar-refractivity contribution < 1.29 is 8.83 Å². The Labute approximate surface area is 126 Å². The molecule has 0 radical (unpaired) electrons. The zero-order valence-corrected chi connectivity index (χ0v) is 12.1. The van der Waals surface area contributed by atoms with Crippen LogP contribution in [0.4, 0.5) is 0 Å². The summed E-state index contributed by atoms with van der Waals surface area (Å²) < 4.78 is 11.6. The van der Waals surface area contributed by atoms with Gasteiger partial charge in [0.05, 0.1) is 17.0 Å². The second-order valence-corrected chi connectivity index (χ2v) is 5.23. The lowest BCUT2D eigenvalue weighted by Crippen LogP contribution is -2.10. The van der Waals surface area contributed by atoms with Gasteiger partial charge in [-0.05, 0) is 24.6 Å². The van der Waals surface area contributed by atoms with E-state index in [2.05, 4.69) is 0 Å². The van der Waals surface area contributed by atoms with E-state index in [0.29, 0.717) is 28.7 Å². The number of furan rings is 1. The standard InChI is InChI=1S/C19H14O3/c1-2-13-17(20)15-8-9-16-14(10-11-21-16)19(15)22-18(13)12-6-4-3-5-7-12/h3-11H,2H2,1H3. The molecule has 0 saturated heterocycles. The highest BCUT2D eigenvalue weighted by atomic mass is 16.3. The Hall–Kier alpha value is -2.81. The van der Waals surface area contributed by atoms with Crippen LogP contribution in [0.25, 0.3) is 33.3 Å². The third-order valence-electron chi connectivity index (χ3n) is 3.97. The molecule has 0 N–H and O–H groups in total. The Morgan fingerprint density at radius 1 is 0.955 bits per heavy atom. The summed E-state index contributed by atoms with van der Waals surface area (Å²) in [6, 6.07) is 15.2. The van der Waals surface area contributed by atoms with Crippen molar-refractivity contribution in [3.63, 3.8) is 0 Å². The summed E-state index contributed by atoms with van der Waals surface area (Å²) in [5.74, 6) is 0.648. The highest BCUT2D eigenvalue weighted by Gasteiger charge is 2.16. The normalized spacial score (nSPS) is 11.3. The molecule has 4 rings (SSSR count). The van der Waals surface area contributed by atoms with Gasteiger partial charge in [0.25, 0.3) is 0 Å². The Balaban J connectivity index is 2.18. The van der Waals surface area contributed by atoms with Crippen molar-refractivity contribution >= 4 is 21.9 Å². The van der Waals surface area contributed by atoms with Crippen LogP contribution in [0.3, 0.4) is 0 Å². The summed E-state index contributed by atoms with van der Waals surface area (Å²) in [5, 5.41) is 1.43. The molecule has 0 fully saturated rings. The quantitative estimate of drug-likeness (QED) is 0.534. The zero-order valence-electron chi connectivity index (χ0n) is 12.1. The molecule has 0 bridgehead atoms. The number of fused-ring (bicyclic) bond motifs is 3. The molecule has 0 aliphatic carbocycles. The second-order valence-electron chi connectivity index (χ2n) is 5.23. The van der Waals surface area contributed by atoms with E-state index in [1.165, 1.54) is 0 Å². The number of hydrogen-bond acceptors (Lipinski definition) is 3. The van der Waals surface area contributed by atoms with E-state index in [1.807, 2.05) is 49.4 Å². The van der Waals surface area contributed by atoms with Gasteiger partial charge < -0.3 is 8.83 Å². The Morgan fingerprint density at radius 2 is 1.77 bits per heavy atom. The molecule has 108 valence electrons. The van der Waals surface area contributed by atoms with Crippen LogP contribution in [0.2, 0.25) is 0 Å². The molecule has 2 heterocycles. The molecule has 0 amide bonds. The van der Waals surface area contributed by atoms with Gasteiger partial charge >= 0.3 is 0 Å². The predicted molar refractivity (Wildman–Crippen MR) is 87.1 cm³/mol. The highest BCUT2D eigenvalue weighted by molar-refractivity contribution is 6.02. The first-order chi connectivity index (χ1) is 10.8. The van der Waals surface area contributed by atoms with Gasteiger partial charge in [0.1, 0.15) is 16.9 Å². The maximum Gasteiger partial charge on any atom is 0.196 e. The van der Waals surface area contributed by atoms with Gasteiger partial charge in [0.2, 0.25) is 0 Å². The molecule has 2 aromatic heterocycles. The minimum absolute atomic E-state index is 0.0331. The van der Waals surface area contributed by atoms with E-state index in [-0.39, 0.29) is 5.43 Å². The van der Waals surface area contributed by atoms with Crippen molar-refractivity contribution in [2.75, 3.05) is 0 Å². The van der Waals surface area contributed by atoms with Gasteiger partial charge in [0, 0.05) is 11.1 Å². The van der Waals surface area contributed by atoms with Crippen molar-refractivity contribution in [1.29, 1.82) is 0 Å². The number of hydrogen-bond donors (Lipinski definition) is 0. The van der Waals surface area contributed by atoms with Crippen LogP contribution >= 0.6 is 0 Å². The van der Waals surface area contributed by atoms with E-state index >= 15 is 0 Å². The summed E-state index contributed by atoms with van der Waals surface area (Å²) in [7, 11) is 0. The largest absolute Gasteiger partial charge is 0.464 e. The highest BCUT2D eigenvalue weighted by Crippen LogP contribution is 2.30. The smallest absolute Gasteiger partial charge is 0.196 e. The first kappa shape index (κ1) is 12.9. The molecular formula is C19H14O3. The van der Waals surface area contributed by atoms with E-state index in [1.54, 1.807) is 12.3 Å². The Bertz CT molecular complexity index is 1020. The molecule has 0 saturated carbocycles. The van der Waals surface area contributed by atoms with Crippen molar-refractivity contribution in [3.05, 3.63) is 70.6 Å². The van der Waals surface area contributed by atoms with Crippen LogP contribution in [-0.4, -0.2) is 0 Å². The molecule has 0 aliphatic rings. The molecular weight excluding hydrogens is 276 g/mol. The van der Waals surface area contributed by atoms with Gasteiger partial charge in [-0.2, -0.15) is 0 Å². The molecule has 0 unspecified atom stereocenters. The minimum atomic E-state index is 0.0331. The molecule has 2 aromatic carbocycles. The van der Waals surface area contributed by atoms with Crippen LogP contribution in [0.1, 0.15) is 12.5 Å². The zero-order chi connectivity index (χ0) is 15.1. The summed E-state index contributed by atoms with van der Waals surface area (Å²) in [6.07, 6.45) is 2.24. The summed E-state index contributed by atoms with van der Waals surface area (Å²) in [4.78, 5) is 12.8. The Morgan fingerprint density at radius 3 is 2.55 bits per heavy atom. The number of benzene rings is 2. The molecule has 4 aromatic rings. The molecule has 22 heavy (non-hydrogen) atoms. The predicted octanol–water partition coefficient (Wildman–Crippen LogP) is 4.77. The maximum absolute atomic E-state index is 12.8. The number of rotatable bonds is 2. The Kier molecular flexibility index (Phi) is 2.86. The van der Waals surface area contributed by atoms with Crippen molar-refractivity contribution in [2.45, 2.75) is 13.3 Å². The van der Waals surface area contributed by atoms with Crippen molar-refractivity contribution in [1.82, 2.24) is 0 Å². The monoisotopic (exact) mass is 290 g/mol. The molecule has 3 nitrogen and oxygen atoms in total. The fourth-order valence-corrected chi connectivity index (χ4v) is 2.88.